The predicted molar refractivity (Wildman–Crippen MR) is 79.0 cm³/mol. The van der Waals surface area contributed by atoms with E-state index in [-0.39, 0.29) is 5.91 Å². The summed E-state index contributed by atoms with van der Waals surface area (Å²) in [7, 11) is 1.65. The first-order valence-corrected chi connectivity index (χ1v) is 6.35. The first-order valence-electron chi connectivity index (χ1n) is 6.35. The van der Waals surface area contributed by atoms with E-state index < -0.39 is 0 Å². The molecule has 5 nitrogen and oxygen atoms in total. The SMILES string of the molecule is COCCNc1ccc(NC(=O)c2ccccc2)nc1. The topological polar surface area (TPSA) is 63.2 Å². The number of rotatable bonds is 6. The minimum atomic E-state index is -0.168. The average Bonchev–Trinajstić information content (AvgIpc) is 2.50. The quantitative estimate of drug-likeness (QED) is 0.792. The van der Waals surface area contributed by atoms with Crippen LogP contribution in [0.3, 0.4) is 0 Å². The van der Waals surface area contributed by atoms with Crippen molar-refractivity contribution in [3.63, 3.8) is 0 Å². The molecule has 0 aliphatic rings. The van der Waals surface area contributed by atoms with Crippen molar-refractivity contribution in [3.05, 3.63) is 54.2 Å². The third-order valence-electron chi connectivity index (χ3n) is 2.68. The van der Waals surface area contributed by atoms with Crippen LogP contribution in [0.1, 0.15) is 10.4 Å². The first-order chi connectivity index (χ1) is 9.79. The van der Waals surface area contributed by atoms with Crippen LogP contribution in [0, 0.1) is 0 Å². The number of hydrogen-bond acceptors (Lipinski definition) is 4. The van der Waals surface area contributed by atoms with Crippen LogP contribution in [0.5, 0.6) is 0 Å². The Balaban J connectivity index is 1.92. The number of methoxy groups -OCH3 is 1. The van der Waals surface area contributed by atoms with Crippen molar-refractivity contribution < 1.29 is 9.53 Å². The maximum Gasteiger partial charge on any atom is 0.256 e. The van der Waals surface area contributed by atoms with Crippen molar-refractivity contribution in [2.24, 2.45) is 0 Å². The van der Waals surface area contributed by atoms with E-state index in [1.54, 1.807) is 31.5 Å². The lowest BCUT2D eigenvalue weighted by Gasteiger charge is -2.07. The van der Waals surface area contributed by atoms with Gasteiger partial charge in [0.1, 0.15) is 5.82 Å². The summed E-state index contributed by atoms with van der Waals surface area (Å²) in [4.78, 5) is 16.1. The number of aromatic nitrogens is 1. The molecule has 1 amide bonds. The van der Waals surface area contributed by atoms with Gasteiger partial charge in [-0.2, -0.15) is 0 Å². The molecule has 0 atom stereocenters. The van der Waals surface area contributed by atoms with E-state index in [0.717, 1.165) is 5.69 Å². The van der Waals surface area contributed by atoms with Crippen LogP contribution in [0.4, 0.5) is 11.5 Å². The molecule has 2 aromatic rings. The lowest BCUT2D eigenvalue weighted by atomic mass is 10.2. The summed E-state index contributed by atoms with van der Waals surface area (Å²) in [5.74, 6) is 0.356. The first kappa shape index (κ1) is 14.0. The Hall–Kier alpha value is -2.40. The van der Waals surface area contributed by atoms with Gasteiger partial charge in [0, 0.05) is 19.2 Å². The Morgan fingerprint density at radius 1 is 1.20 bits per heavy atom. The third kappa shape index (κ3) is 4.07. The molecule has 0 saturated carbocycles. The normalized spacial score (nSPS) is 10.1. The second-order valence-electron chi connectivity index (χ2n) is 4.17. The van der Waals surface area contributed by atoms with Gasteiger partial charge in [-0.15, -0.1) is 0 Å². The van der Waals surface area contributed by atoms with Crippen molar-refractivity contribution in [3.8, 4) is 0 Å². The highest BCUT2D eigenvalue weighted by Crippen LogP contribution is 2.10. The fourth-order valence-corrected chi connectivity index (χ4v) is 1.65. The Morgan fingerprint density at radius 2 is 2.00 bits per heavy atom. The van der Waals surface area contributed by atoms with Gasteiger partial charge in [0.25, 0.3) is 5.91 Å². The minimum absolute atomic E-state index is 0.168. The molecule has 0 saturated heterocycles. The number of pyridine rings is 1. The fraction of sp³-hybridized carbons (Fsp3) is 0.200. The summed E-state index contributed by atoms with van der Waals surface area (Å²) in [6.07, 6.45) is 1.68. The molecule has 1 aromatic carbocycles. The summed E-state index contributed by atoms with van der Waals surface area (Å²) in [5, 5.41) is 5.91. The lowest BCUT2D eigenvalue weighted by Crippen LogP contribution is -2.13. The van der Waals surface area contributed by atoms with Crippen molar-refractivity contribution in [1.29, 1.82) is 0 Å². The van der Waals surface area contributed by atoms with Crippen LogP contribution in [-0.2, 0) is 4.74 Å². The standard InChI is InChI=1S/C15H17N3O2/c1-20-10-9-16-13-7-8-14(17-11-13)18-15(19)12-5-3-2-4-6-12/h2-8,11,16H,9-10H2,1H3,(H,17,18,19). The maximum atomic E-state index is 11.9. The highest BCUT2D eigenvalue weighted by Gasteiger charge is 2.05. The van der Waals surface area contributed by atoms with Crippen LogP contribution >= 0.6 is 0 Å². The van der Waals surface area contributed by atoms with E-state index >= 15 is 0 Å². The highest BCUT2D eigenvalue weighted by molar-refractivity contribution is 6.03. The van der Waals surface area contributed by atoms with E-state index in [1.807, 2.05) is 24.3 Å². The maximum absolute atomic E-state index is 11.9. The van der Waals surface area contributed by atoms with Gasteiger partial charge in [-0.25, -0.2) is 4.98 Å². The zero-order valence-electron chi connectivity index (χ0n) is 11.3. The fourth-order valence-electron chi connectivity index (χ4n) is 1.65. The van der Waals surface area contributed by atoms with E-state index in [4.69, 9.17) is 4.74 Å². The van der Waals surface area contributed by atoms with Gasteiger partial charge in [-0.1, -0.05) is 18.2 Å². The van der Waals surface area contributed by atoms with E-state index in [1.165, 1.54) is 0 Å². The number of benzene rings is 1. The molecule has 1 aromatic heterocycles. The minimum Gasteiger partial charge on any atom is -0.383 e. The molecule has 0 radical (unpaired) electrons. The van der Waals surface area contributed by atoms with Gasteiger partial charge in [0.15, 0.2) is 0 Å². The Morgan fingerprint density at radius 3 is 2.65 bits per heavy atom. The van der Waals surface area contributed by atoms with Gasteiger partial charge in [-0.05, 0) is 24.3 Å². The second-order valence-corrected chi connectivity index (χ2v) is 4.17. The zero-order chi connectivity index (χ0) is 14.2. The van der Waals surface area contributed by atoms with Crippen LogP contribution in [0.15, 0.2) is 48.7 Å². The van der Waals surface area contributed by atoms with Gasteiger partial charge in [-0.3, -0.25) is 4.79 Å². The lowest BCUT2D eigenvalue weighted by molar-refractivity contribution is 0.102. The Kier molecular flexibility index (Phi) is 5.08. The van der Waals surface area contributed by atoms with Gasteiger partial charge in [0.2, 0.25) is 0 Å². The smallest absolute Gasteiger partial charge is 0.256 e. The van der Waals surface area contributed by atoms with Gasteiger partial charge in [0.05, 0.1) is 18.5 Å². The molecule has 20 heavy (non-hydrogen) atoms. The molecule has 0 aliphatic heterocycles. The molecular formula is C15H17N3O2. The largest absolute Gasteiger partial charge is 0.383 e. The zero-order valence-corrected chi connectivity index (χ0v) is 11.3. The van der Waals surface area contributed by atoms with Crippen molar-refractivity contribution >= 4 is 17.4 Å². The molecule has 0 unspecified atom stereocenters. The van der Waals surface area contributed by atoms with Crippen LogP contribution in [0.25, 0.3) is 0 Å². The van der Waals surface area contributed by atoms with E-state index in [9.17, 15) is 4.79 Å². The second kappa shape index (κ2) is 7.25. The number of anilines is 2. The predicted octanol–water partition coefficient (Wildman–Crippen LogP) is 2.39. The van der Waals surface area contributed by atoms with E-state index in [0.29, 0.717) is 24.5 Å². The summed E-state index contributed by atoms with van der Waals surface area (Å²) in [5.41, 5.74) is 1.50. The number of carbonyl (C=O) groups is 1. The van der Waals surface area contributed by atoms with Gasteiger partial charge < -0.3 is 15.4 Å². The van der Waals surface area contributed by atoms with Gasteiger partial charge >= 0.3 is 0 Å². The average molecular weight is 271 g/mol. The molecule has 0 spiro atoms. The van der Waals surface area contributed by atoms with E-state index in [2.05, 4.69) is 15.6 Å². The number of nitrogens with one attached hydrogen (secondary N) is 2. The number of ether oxygens (including phenoxy) is 1. The van der Waals surface area contributed by atoms with Crippen LogP contribution in [-0.4, -0.2) is 31.2 Å². The summed E-state index contributed by atoms with van der Waals surface area (Å²) in [6.45, 7) is 1.35. The number of carbonyl (C=O) groups excluding carboxylic acids is 1. The Labute approximate surface area is 118 Å². The van der Waals surface area contributed by atoms with Crippen molar-refractivity contribution in [1.82, 2.24) is 4.98 Å². The summed E-state index contributed by atoms with van der Waals surface area (Å²) in [6, 6.07) is 12.7. The molecule has 0 fully saturated rings. The third-order valence-corrected chi connectivity index (χ3v) is 2.68. The molecular weight excluding hydrogens is 254 g/mol. The Bertz CT molecular complexity index is 541. The number of hydrogen-bond donors (Lipinski definition) is 2. The number of nitrogens with zero attached hydrogens (tertiary/aromatic N) is 1. The molecule has 2 N–H and O–H groups in total. The van der Waals surface area contributed by atoms with Crippen LogP contribution < -0.4 is 10.6 Å². The van der Waals surface area contributed by atoms with Crippen LogP contribution in [0.2, 0.25) is 0 Å². The van der Waals surface area contributed by atoms with Crippen molar-refractivity contribution in [2.45, 2.75) is 0 Å². The summed E-state index contributed by atoms with van der Waals surface area (Å²) < 4.78 is 4.95. The molecule has 104 valence electrons. The molecule has 0 bridgehead atoms. The summed E-state index contributed by atoms with van der Waals surface area (Å²) >= 11 is 0. The molecule has 0 aliphatic carbocycles. The molecule has 1 heterocycles. The monoisotopic (exact) mass is 271 g/mol. The molecule has 2 rings (SSSR count). The molecule has 5 heteroatoms. The highest BCUT2D eigenvalue weighted by atomic mass is 16.5. The van der Waals surface area contributed by atoms with Crippen molar-refractivity contribution in [2.75, 3.05) is 30.9 Å². The number of amides is 1.